The second-order valence-corrected chi connectivity index (χ2v) is 6.34. The Labute approximate surface area is 121 Å². The van der Waals surface area contributed by atoms with Crippen LogP contribution >= 0.6 is 0 Å². The fourth-order valence-electron chi connectivity index (χ4n) is 3.48. The lowest BCUT2D eigenvalue weighted by Crippen LogP contribution is -2.41. The van der Waals surface area contributed by atoms with Crippen LogP contribution in [0.25, 0.3) is 0 Å². The van der Waals surface area contributed by atoms with Crippen LogP contribution in [0.4, 0.5) is 5.69 Å². The molecule has 1 aromatic rings. The molecule has 0 bridgehead atoms. The van der Waals surface area contributed by atoms with Crippen molar-refractivity contribution in [3.8, 4) is 0 Å². The molecule has 0 aromatic heterocycles. The Morgan fingerprint density at radius 1 is 1.30 bits per heavy atom. The van der Waals surface area contributed by atoms with Crippen LogP contribution in [0.3, 0.4) is 0 Å². The molecule has 2 aliphatic rings. The first-order valence-electron chi connectivity index (χ1n) is 7.83. The number of hydrogen-bond acceptors (Lipinski definition) is 2. The van der Waals surface area contributed by atoms with E-state index in [4.69, 9.17) is 0 Å². The normalized spacial score (nSPS) is 23.4. The standard InChI is InChI=1S/C17H24N2O/c1-13-10-15-4-2-3-5-16(15)19(12-13)17(20)11-14-6-8-18-9-7-14/h2-5,13-14,18H,6-12H2,1H3. The maximum atomic E-state index is 12.7. The molecule has 1 saturated heterocycles. The van der Waals surface area contributed by atoms with Crippen LogP contribution < -0.4 is 10.2 Å². The Kier molecular flexibility index (Phi) is 4.06. The largest absolute Gasteiger partial charge is 0.317 e. The zero-order valence-electron chi connectivity index (χ0n) is 12.3. The summed E-state index contributed by atoms with van der Waals surface area (Å²) in [4.78, 5) is 14.7. The SMILES string of the molecule is CC1Cc2ccccc2N(C(=O)CC2CCNCC2)C1. The van der Waals surface area contributed by atoms with Crippen LogP contribution in [0, 0.1) is 11.8 Å². The lowest BCUT2D eigenvalue weighted by atomic mass is 9.91. The first-order chi connectivity index (χ1) is 9.74. The van der Waals surface area contributed by atoms with Gasteiger partial charge in [-0.05, 0) is 55.8 Å². The van der Waals surface area contributed by atoms with Crippen molar-refractivity contribution in [1.29, 1.82) is 0 Å². The molecule has 0 aliphatic carbocycles. The number of benzene rings is 1. The van der Waals surface area contributed by atoms with E-state index < -0.39 is 0 Å². The molecule has 1 unspecified atom stereocenters. The third-order valence-corrected chi connectivity index (χ3v) is 4.57. The predicted molar refractivity (Wildman–Crippen MR) is 81.9 cm³/mol. The van der Waals surface area contributed by atoms with Crippen molar-refractivity contribution in [2.45, 2.75) is 32.6 Å². The molecule has 20 heavy (non-hydrogen) atoms. The summed E-state index contributed by atoms with van der Waals surface area (Å²) < 4.78 is 0. The first-order valence-corrected chi connectivity index (χ1v) is 7.83. The molecule has 1 fully saturated rings. The molecular weight excluding hydrogens is 248 g/mol. The quantitative estimate of drug-likeness (QED) is 0.897. The summed E-state index contributed by atoms with van der Waals surface area (Å²) >= 11 is 0. The number of para-hydroxylation sites is 1. The maximum absolute atomic E-state index is 12.7. The molecule has 2 aliphatic heterocycles. The maximum Gasteiger partial charge on any atom is 0.227 e. The van der Waals surface area contributed by atoms with Gasteiger partial charge in [-0.25, -0.2) is 0 Å². The van der Waals surface area contributed by atoms with Crippen LogP contribution in [-0.4, -0.2) is 25.5 Å². The van der Waals surface area contributed by atoms with Gasteiger partial charge in [0.15, 0.2) is 0 Å². The van der Waals surface area contributed by atoms with E-state index >= 15 is 0 Å². The van der Waals surface area contributed by atoms with Crippen LogP contribution in [0.15, 0.2) is 24.3 Å². The highest BCUT2D eigenvalue weighted by Crippen LogP contribution is 2.31. The lowest BCUT2D eigenvalue weighted by molar-refractivity contribution is -0.119. The second-order valence-electron chi connectivity index (χ2n) is 6.34. The molecule has 0 saturated carbocycles. The smallest absolute Gasteiger partial charge is 0.227 e. The van der Waals surface area contributed by atoms with E-state index in [9.17, 15) is 4.79 Å². The minimum atomic E-state index is 0.316. The molecule has 0 radical (unpaired) electrons. The number of hydrogen-bond donors (Lipinski definition) is 1. The molecular formula is C17H24N2O. The van der Waals surface area contributed by atoms with Gasteiger partial charge in [0.1, 0.15) is 0 Å². The molecule has 3 rings (SSSR count). The van der Waals surface area contributed by atoms with Gasteiger partial charge in [0, 0.05) is 18.7 Å². The molecule has 1 N–H and O–H groups in total. The van der Waals surface area contributed by atoms with Gasteiger partial charge >= 0.3 is 0 Å². The predicted octanol–water partition coefficient (Wildman–Crippen LogP) is 2.60. The van der Waals surface area contributed by atoms with E-state index in [1.165, 1.54) is 5.56 Å². The monoisotopic (exact) mass is 272 g/mol. The highest BCUT2D eigenvalue weighted by Gasteiger charge is 2.27. The van der Waals surface area contributed by atoms with E-state index in [0.717, 1.165) is 44.6 Å². The first kappa shape index (κ1) is 13.6. The Morgan fingerprint density at radius 3 is 2.85 bits per heavy atom. The fourth-order valence-corrected chi connectivity index (χ4v) is 3.48. The van der Waals surface area contributed by atoms with E-state index in [2.05, 4.69) is 30.4 Å². The van der Waals surface area contributed by atoms with E-state index in [1.807, 2.05) is 11.0 Å². The third-order valence-electron chi connectivity index (χ3n) is 4.57. The van der Waals surface area contributed by atoms with Crippen LogP contribution in [0.5, 0.6) is 0 Å². The number of amides is 1. The van der Waals surface area contributed by atoms with E-state index in [1.54, 1.807) is 0 Å². The zero-order chi connectivity index (χ0) is 13.9. The summed E-state index contributed by atoms with van der Waals surface area (Å²) in [5.74, 6) is 1.44. The number of nitrogens with one attached hydrogen (secondary N) is 1. The molecule has 3 nitrogen and oxygen atoms in total. The van der Waals surface area contributed by atoms with Crippen molar-refractivity contribution in [1.82, 2.24) is 5.32 Å². The highest BCUT2D eigenvalue weighted by atomic mass is 16.2. The van der Waals surface area contributed by atoms with Gasteiger partial charge in [-0.3, -0.25) is 4.79 Å². The number of nitrogens with zero attached hydrogens (tertiary/aromatic N) is 1. The summed E-state index contributed by atoms with van der Waals surface area (Å²) in [6.45, 7) is 5.23. The molecule has 1 atom stereocenters. The summed E-state index contributed by atoms with van der Waals surface area (Å²) in [5.41, 5.74) is 2.47. The summed E-state index contributed by atoms with van der Waals surface area (Å²) in [6, 6.07) is 8.38. The minimum absolute atomic E-state index is 0.316. The number of piperidine rings is 1. The van der Waals surface area contributed by atoms with Crippen LogP contribution in [0.2, 0.25) is 0 Å². The molecule has 0 spiro atoms. The molecule has 1 amide bonds. The molecule has 108 valence electrons. The average Bonchev–Trinajstić information content (AvgIpc) is 2.47. The molecule has 2 heterocycles. The topological polar surface area (TPSA) is 32.3 Å². The van der Waals surface area contributed by atoms with E-state index in [0.29, 0.717) is 24.2 Å². The summed E-state index contributed by atoms with van der Waals surface area (Å²) in [6.07, 6.45) is 4.07. The van der Waals surface area contributed by atoms with Gasteiger partial charge in [0.05, 0.1) is 0 Å². The lowest BCUT2D eigenvalue weighted by Gasteiger charge is -2.34. The van der Waals surface area contributed by atoms with Crippen molar-refractivity contribution in [3.05, 3.63) is 29.8 Å². The average molecular weight is 272 g/mol. The summed E-state index contributed by atoms with van der Waals surface area (Å²) in [7, 11) is 0. The van der Waals surface area contributed by atoms with E-state index in [-0.39, 0.29) is 0 Å². The van der Waals surface area contributed by atoms with Gasteiger partial charge in [0.2, 0.25) is 5.91 Å². The number of anilines is 1. The number of fused-ring (bicyclic) bond motifs is 1. The van der Waals surface area contributed by atoms with Crippen LogP contribution in [-0.2, 0) is 11.2 Å². The Balaban J connectivity index is 1.74. The van der Waals surface area contributed by atoms with Crippen molar-refractivity contribution in [2.75, 3.05) is 24.5 Å². The van der Waals surface area contributed by atoms with Crippen LogP contribution in [0.1, 0.15) is 31.7 Å². The van der Waals surface area contributed by atoms with Gasteiger partial charge in [0.25, 0.3) is 0 Å². The Bertz CT molecular complexity index is 480. The minimum Gasteiger partial charge on any atom is -0.317 e. The van der Waals surface area contributed by atoms with Gasteiger partial charge in [-0.15, -0.1) is 0 Å². The number of carbonyl (C=O) groups is 1. The van der Waals surface area contributed by atoms with Crippen molar-refractivity contribution < 1.29 is 4.79 Å². The van der Waals surface area contributed by atoms with Gasteiger partial charge in [-0.1, -0.05) is 25.1 Å². The highest BCUT2D eigenvalue weighted by molar-refractivity contribution is 5.94. The number of carbonyl (C=O) groups excluding carboxylic acids is 1. The number of rotatable bonds is 2. The fraction of sp³-hybridized carbons (Fsp3) is 0.588. The van der Waals surface area contributed by atoms with Crippen molar-refractivity contribution in [3.63, 3.8) is 0 Å². The van der Waals surface area contributed by atoms with Crippen molar-refractivity contribution in [2.24, 2.45) is 11.8 Å². The van der Waals surface area contributed by atoms with Gasteiger partial charge < -0.3 is 10.2 Å². The van der Waals surface area contributed by atoms with Gasteiger partial charge in [-0.2, -0.15) is 0 Å². The summed E-state index contributed by atoms with van der Waals surface area (Å²) in [5, 5.41) is 3.37. The second kappa shape index (κ2) is 5.96. The zero-order valence-corrected chi connectivity index (χ0v) is 12.3. The third kappa shape index (κ3) is 2.88. The van der Waals surface area contributed by atoms with Crippen molar-refractivity contribution >= 4 is 11.6 Å². The Hall–Kier alpha value is -1.35. The Morgan fingerprint density at radius 2 is 2.05 bits per heavy atom. The molecule has 1 aromatic carbocycles. The molecule has 3 heteroatoms.